The first-order chi connectivity index (χ1) is 18.6. The lowest BCUT2D eigenvalue weighted by Crippen LogP contribution is -2.56. The summed E-state index contributed by atoms with van der Waals surface area (Å²) in [5.41, 5.74) is 2.36. The Kier molecular flexibility index (Phi) is 10.1. The number of aliphatic hydroxyl groups excluding tert-OH is 1. The molecule has 2 N–H and O–H groups in total. The van der Waals surface area contributed by atoms with Gasteiger partial charge in [0, 0.05) is 12.8 Å². The van der Waals surface area contributed by atoms with Crippen LogP contribution < -0.4 is 5.32 Å². The van der Waals surface area contributed by atoms with E-state index < -0.39 is 14.0 Å². The third-order valence-corrected chi connectivity index (χ3v) is 16.5. The van der Waals surface area contributed by atoms with Crippen molar-refractivity contribution in [2.45, 2.75) is 122 Å². The summed E-state index contributed by atoms with van der Waals surface area (Å²) in [6.07, 6.45) is 13.2. The monoisotopic (exact) mass is 571 g/mol. The van der Waals surface area contributed by atoms with E-state index >= 15 is 0 Å². The van der Waals surface area contributed by atoms with Gasteiger partial charge in [0.05, 0.1) is 10.4 Å². The summed E-state index contributed by atoms with van der Waals surface area (Å²) in [5, 5.41) is 15.9. The molecule has 2 saturated carbocycles. The van der Waals surface area contributed by atoms with Crippen LogP contribution in [0.2, 0.25) is 16.6 Å². The van der Waals surface area contributed by atoms with Gasteiger partial charge in [-0.1, -0.05) is 73.6 Å². The molecule has 4 rings (SSSR count). The second-order valence-electron chi connectivity index (χ2n) is 13.0. The maximum absolute atomic E-state index is 13.8. The number of thiophene rings is 1. The summed E-state index contributed by atoms with van der Waals surface area (Å²) < 4.78 is 7.38. The number of carbonyl (C=O) groups excluding carboxylic acids is 1. The van der Waals surface area contributed by atoms with E-state index in [9.17, 15) is 9.90 Å². The van der Waals surface area contributed by atoms with Crippen molar-refractivity contribution in [1.82, 2.24) is 9.97 Å². The van der Waals surface area contributed by atoms with Crippen molar-refractivity contribution in [2.75, 3.05) is 11.9 Å². The van der Waals surface area contributed by atoms with Gasteiger partial charge in [-0.05, 0) is 71.2 Å². The van der Waals surface area contributed by atoms with Gasteiger partial charge in [0.2, 0.25) is 14.1 Å². The number of hydrogen-bond acceptors (Lipinski definition) is 7. The van der Waals surface area contributed by atoms with E-state index in [2.05, 4.69) is 68.3 Å². The molecule has 2 heterocycles. The molecule has 2 aromatic heterocycles. The Bertz CT molecular complexity index is 1080. The van der Waals surface area contributed by atoms with Crippen LogP contribution in [0.1, 0.15) is 114 Å². The lowest BCUT2D eigenvalue weighted by atomic mass is 9.85. The van der Waals surface area contributed by atoms with Crippen molar-refractivity contribution in [2.24, 2.45) is 11.8 Å². The Hall–Kier alpha value is -1.61. The standard InChI is InChI=1S/C31H49N3O3SSi/c1-21(2)39(22(3)4,23(5)6)37-31(13-12-25(16-31)18-35)34-30-27(17-32-20-33-30)29(36)28-15-26(19-38-28)14-24-10-8-7-9-11-24/h15,17,19-25,35H,7-14,16,18H2,1-6H3,(H,32,33,34)/t25-,31-/m1/s1. The van der Waals surface area contributed by atoms with Crippen LogP contribution in [0.15, 0.2) is 24.0 Å². The zero-order chi connectivity index (χ0) is 28.2. The third kappa shape index (κ3) is 6.66. The normalized spacial score (nSPS) is 22.8. The Morgan fingerprint density at radius 1 is 1.10 bits per heavy atom. The van der Waals surface area contributed by atoms with Gasteiger partial charge in [0.1, 0.15) is 17.9 Å². The van der Waals surface area contributed by atoms with Crippen molar-refractivity contribution in [3.8, 4) is 0 Å². The van der Waals surface area contributed by atoms with Crippen LogP contribution in [0.25, 0.3) is 0 Å². The van der Waals surface area contributed by atoms with Crippen molar-refractivity contribution in [3.63, 3.8) is 0 Å². The lowest BCUT2D eigenvalue weighted by Gasteiger charge is -2.49. The smallest absolute Gasteiger partial charge is 0.208 e. The van der Waals surface area contributed by atoms with Crippen LogP contribution in [0, 0.1) is 11.8 Å². The molecule has 216 valence electrons. The van der Waals surface area contributed by atoms with Crippen molar-refractivity contribution in [3.05, 3.63) is 40.0 Å². The van der Waals surface area contributed by atoms with E-state index in [0.29, 0.717) is 34.4 Å². The minimum atomic E-state index is -2.26. The highest BCUT2D eigenvalue weighted by Gasteiger charge is 2.53. The van der Waals surface area contributed by atoms with Gasteiger partial charge in [-0.2, -0.15) is 0 Å². The summed E-state index contributed by atoms with van der Waals surface area (Å²) in [6, 6.07) is 2.08. The van der Waals surface area contributed by atoms with E-state index in [-0.39, 0.29) is 18.3 Å². The zero-order valence-corrected chi connectivity index (χ0v) is 26.7. The molecular weight excluding hydrogens is 523 g/mol. The fourth-order valence-corrected chi connectivity index (χ4v) is 14.0. The first kappa shape index (κ1) is 30.3. The van der Waals surface area contributed by atoms with E-state index in [4.69, 9.17) is 4.43 Å². The maximum Gasteiger partial charge on any atom is 0.208 e. The average Bonchev–Trinajstić information content (AvgIpc) is 3.54. The molecule has 8 heteroatoms. The maximum atomic E-state index is 13.8. The highest BCUT2D eigenvalue weighted by molar-refractivity contribution is 7.12. The predicted octanol–water partition coefficient (Wildman–Crippen LogP) is 7.98. The number of nitrogens with one attached hydrogen (secondary N) is 1. The number of rotatable bonds is 12. The van der Waals surface area contributed by atoms with Crippen molar-refractivity contribution < 1.29 is 14.3 Å². The quantitative estimate of drug-likeness (QED) is 0.153. The molecule has 0 aromatic carbocycles. The van der Waals surface area contributed by atoms with Gasteiger partial charge >= 0.3 is 0 Å². The second-order valence-corrected chi connectivity index (χ2v) is 19.3. The first-order valence-electron chi connectivity index (χ1n) is 15.1. The van der Waals surface area contributed by atoms with Crippen LogP contribution in [-0.4, -0.2) is 41.5 Å². The van der Waals surface area contributed by atoms with Gasteiger partial charge < -0.3 is 14.8 Å². The van der Waals surface area contributed by atoms with Gasteiger partial charge in [0.15, 0.2) is 0 Å². The lowest BCUT2D eigenvalue weighted by molar-refractivity contribution is 0.0740. The highest BCUT2D eigenvalue weighted by atomic mass is 32.1. The van der Waals surface area contributed by atoms with Crippen LogP contribution in [0.3, 0.4) is 0 Å². The van der Waals surface area contributed by atoms with Gasteiger partial charge in [-0.3, -0.25) is 4.79 Å². The molecule has 6 nitrogen and oxygen atoms in total. The molecule has 2 aliphatic carbocycles. The fourth-order valence-electron chi connectivity index (χ4n) is 7.46. The van der Waals surface area contributed by atoms with Crippen LogP contribution >= 0.6 is 11.3 Å². The number of aliphatic hydroxyl groups is 1. The predicted molar refractivity (Wildman–Crippen MR) is 163 cm³/mol. The molecule has 0 unspecified atom stereocenters. The van der Waals surface area contributed by atoms with Crippen molar-refractivity contribution in [1.29, 1.82) is 0 Å². The van der Waals surface area contributed by atoms with Crippen molar-refractivity contribution >= 4 is 31.3 Å². The van der Waals surface area contributed by atoms with Crippen LogP contribution in [-0.2, 0) is 10.8 Å². The van der Waals surface area contributed by atoms with E-state index in [1.807, 2.05) is 0 Å². The summed E-state index contributed by atoms with van der Waals surface area (Å²) in [7, 11) is -2.26. The minimum Gasteiger partial charge on any atom is -0.396 e. The van der Waals surface area contributed by atoms with Crippen LogP contribution in [0.5, 0.6) is 0 Å². The summed E-state index contributed by atoms with van der Waals surface area (Å²) in [6.45, 7) is 13.9. The Morgan fingerprint density at radius 3 is 2.41 bits per heavy atom. The average molecular weight is 572 g/mol. The zero-order valence-electron chi connectivity index (χ0n) is 24.8. The topological polar surface area (TPSA) is 84.3 Å². The largest absolute Gasteiger partial charge is 0.396 e. The summed E-state index contributed by atoms with van der Waals surface area (Å²) >= 11 is 1.53. The molecule has 0 saturated heterocycles. The SMILES string of the molecule is CC(C)[Si](O[C@]1(Nc2ncncc2C(=O)c2cc(CC3CCCCC3)cs2)CC[C@@H](CO)C1)(C(C)C)C(C)C. The van der Waals surface area contributed by atoms with E-state index in [1.54, 1.807) is 6.20 Å². The number of anilines is 1. The van der Waals surface area contributed by atoms with Gasteiger partial charge in [0.25, 0.3) is 0 Å². The summed E-state index contributed by atoms with van der Waals surface area (Å²) in [5.74, 6) is 1.40. The Labute approximate surface area is 240 Å². The molecular formula is C31H49N3O3SSi. The molecule has 2 fully saturated rings. The molecule has 0 aliphatic heterocycles. The molecule has 39 heavy (non-hydrogen) atoms. The molecule has 0 radical (unpaired) electrons. The first-order valence-corrected chi connectivity index (χ1v) is 18.1. The third-order valence-electron chi connectivity index (χ3n) is 9.34. The van der Waals surface area contributed by atoms with E-state index in [1.165, 1.54) is 55.3 Å². The molecule has 0 amide bonds. The van der Waals surface area contributed by atoms with E-state index in [0.717, 1.165) is 30.1 Å². The molecule has 2 aromatic rings. The highest BCUT2D eigenvalue weighted by Crippen LogP contribution is 2.49. The van der Waals surface area contributed by atoms with Gasteiger partial charge in [-0.15, -0.1) is 11.3 Å². The second kappa shape index (κ2) is 12.9. The fraction of sp³-hybridized carbons (Fsp3) is 0.710. The molecule has 0 spiro atoms. The number of carbonyl (C=O) groups is 1. The number of ketones is 1. The van der Waals surface area contributed by atoms with Crippen LogP contribution in [0.4, 0.5) is 5.82 Å². The van der Waals surface area contributed by atoms with Gasteiger partial charge in [-0.25, -0.2) is 9.97 Å². The number of hydrogen-bond donors (Lipinski definition) is 2. The molecule has 2 atom stereocenters. The summed E-state index contributed by atoms with van der Waals surface area (Å²) in [4.78, 5) is 23.4. The Balaban J connectivity index is 1.62. The number of aromatic nitrogens is 2. The minimum absolute atomic E-state index is 0.0371. The molecule has 0 bridgehead atoms. The number of nitrogens with zero attached hydrogens (tertiary/aromatic N) is 2. The molecule has 2 aliphatic rings. The Morgan fingerprint density at radius 2 is 1.79 bits per heavy atom.